The van der Waals surface area contributed by atoms with Gasteiger partial charge in [-0.3, -0.25) is 19.9 Å². The van der Waals surface area contributed by atoms with E-state index in [9.17, 15) is 14.4 Å². The molecule has 1 aromatic heterocycles. The van der Waals surface area contributed by atoms with Gasteiger partial charge in [-0.15, -0.1) is 0 Å². The van der Waals surface area contributed by atoms with Gasteiger partial charge >= 0.3 is 6.03 Å². The van der Waals surface area contributed by atoms with Gasteiger partial charge in [-0.05, 0) is 31.4 Å². The minimum Gasteiger partial charge on any atom is -0.276 e. The first-order chi connectivity index (χ1) is 9.06. The van der Waals surface area contributed by atoms with E-state index >= 15 is 0 Å². The van der Waals surface area contributed by atoms with E-state index in [2.05, 4.69) is 10.3 Å². The Balaban J connectivity index is 2.06. The number of barbiturate groups is 1. The molecule has 0 unspecified atom stereocenters. The number of anilines is 1. The Labute approximate surface area is 109 Å². The SMILES string of the molecule is Cc1ccncc1N1C(=O)NC(=O)C2(CCC2)C1=O. The van der Waals surface area contributed by atoms with E-state index in [1.807, 2.05) is 0 Å². The van der Waals surface area contributed by atoms with E-state index < -0.39 is 23.3 Å². The van der Waals surface area contributed by atoms with Crippen LogP contribution in [0.2, 0.25) is 0 Å². The molecule has 0 radical (unpaired) electrons. The lowest BCUT2D eigenvalue weighted by atomic mass is 9.66. The van der Waals surface area contributed by atoms with Crippen LogP contribution in [-0.2, 0) is 9.59 Å². The topological polar surface area (TPSA) is 79.4 Å². The molecule has 1 spiro atoms. The molecule has 6 heteroatoms. The van der Waals surface area contributed by atoms with Gasteiger partial charge in [0.25, 0.3) is 5.91 Å². The lowest BCUT2D eigenvalue weighted by Gasteiger charge is -2.44. The highest BCUT2D eigenvalue weighted by Gasteiger charge is 2.57. The molecule has 1 aliphatic heterocycles. The van der Waals surface area contributed by atoms with Gasteiger partial charge in [0.05, 0.1) is 11.9 Å². The van der Waals surface area contributed by atoms with Crippen molar-refractivity contribution in [2.75, 3.05) is 4.90 Å². The summed E-state index contributed by atoms with van der Waals surface area (Å²) in [4.78, 5) is 41.3. The zero-order chi connectivity index (χ0) is 13.6. The Morgan fingerprint density at radius 1 is 1.32 bits per heavy atom. The fraction of sp³-hybridized carbons (Fsp3) is 0.385. The van der Waals surface area contributed by atoms with Crippen LogP contribution in [0.15, 0.2) is 18.5 Å². The van der Waals surface area contributed by atoms with Crippen LogP contribution in [0.5, 0.6) is 0 Å². The number of aromatic nitrogens is 1. The Morgan fingerprint density at radius 3 is 2.63 bits per heavy atom. The van der Waals surface area contributed by atoms with Crippen LogP contribution < -0.4 is 10.2 Å². The number of nitrogens with one attached hydrogen (secondary N) is 1. The maximum absolute atomic E-state index is 12.5. The van der Waals surface area contributed by atoms with Crippen molar-refractivity contribution in [2.24, 2.45) is 5.41 Å². The maximum Gasteiger partial charge on any atom is 0.335 e. The molecule has 0 aromatic carbocycles. The molecule has 98 valence electrons. The summed E-state index contributed by atoms with van der Waals surface area (Å²) in [6.07, 6.45) is 4.89. The van der Waals surface area contributed by atoms with Gasteiger partial charge in [-0.25, -0.2) is 9.69 Å². The summed E-state index contributed by atoms with van der Waals surface area (Å²) in [5.41, 5.74) is 0.155. The van der Waals surface area contributed by atoms with Crippen LogP contribution in [-0.4, -0.2) is 22.8 Å². The molecule has 2 fully saturated rings. The molecule has 2 aliphatic rings. The molecule has 1 aromatic rings. The summed E-state index contributed by atoms with van der Waals surface area (Å²) in [6.45, 7) is 1.79. The summed E-state index contributed by atoms with van der Waals surface area (Å²) >= 11 is 0. The van der Waals surface area contributed by atoms with Gasteiger partial charge in [-0.2, -0.15) is 0 Å². The third-order valence-corrected chi connectivity index (χ3v) is 3.93. The highest BCUT2D eigenvalue weighted by Crippen LogP contribution is 2.45. The third kappa shape index (κ3) is 1.49. The Bertz CT molecular complexity index is 593. The fourth-order valence-electron chi connectivity index (χ4n) is 2.56. The smallest absolute Gasteiger partial charge is 0.276 e. The molecule has 6 nitrogen and oxygen atoms in total. The van der Waals surface area contributed by atoms with E-state index in [0.29, 0.717) is 18.5 Å². The fourth-order valence-corrected chi connectivity index (χ4v) is 2.56. The van der Waals surface area contributed by atoms with E-state index in [1.165, 1.54) is 6.20 Å². The number of carbonyl (C=O) groups excluding carboxylic acids is 3. The molecule has 0 atom stereocenters. The standard InChI is InChI=1S/C13H13N3O3/c1-8-3-6-14-7-9(8)16-11(18)13(4-2-5-13)10(17)15-12(16)19/h3,6-7H,2,4-5H2,1H3,(H,15,17,19). The molecule has 1 aliphatic carbocycles. The van der Waals surface area contributed by atoms with Crippen molar-refractivity contribution in [2.45, 2.75) is 26.2 Å². The summed E-state index contributed by atoms with van der Waals surface area (Å²) in [6, 6.07) is 1.03. The number of hydrogen-bond acceptors (Lipinski definition) is 4. The largest absolute Gasteiger partial charge is 0.335 e. The predicted octanol–water partition coefficient (Wildman–Crippen LogP) is 1.14. The van der Waals surface area contributed by atoms with Crippen molar-refractivity contribution in [1.29, 1.82) is 0 Å². The van der Waals surface area contributed by atoms with Gasteiger partial charge in [-0.1, -0.05) is 6.42 Å². The van der Waals surface area contributed by atoms with Crippen molar-refractivity contribution >= 4 is 23.5 Å². The van der Waals surface area contributed by atoms with Crippen molar-refractivity contribution in [1.82, 2.24) is 10.3 Å². The van der Waals surface area contributed by atoms with E-state index in [1.54, 1.807) is 19.2 Å². The number of hydrogen-bond donors (Lipinski definition) is 1. The normalized spacial score (nSPS) is 21.3. The van der Waals surface area contributed by atoms with E-state index in [4.69, 9.17) is 0 Å². The van der Waals surface area contributed by atoms with Crippen molar-refractivity contribution < 1.29 is 14.4 Å². The molecular formula is C13H13N3O3. The van der Waals surface area contributed by atoms with Crippen LogP contribution in [0, 0.1) is 12.3 Å². The number of nitrogens with zero attached hydrogens (tertiary/aromatic N) is 2. The summed E-state index contributed by atoms with van der Waals surface area (Å²) < 4.78 is 0. The molecule has 3 rings (SSSR count). The molecule has 19 heavy (non-hydrogen) atoms. The predicted molar refractivity (Wildman–Crippen MR) is 66.3 cm³/mol. The Morgan fingerprint density at radius 2 is 2.05 bits per heavy atom. The average Bonchev–Trinajstić information content (AvgIpc) is 2.29. The van der Waals surface area contributed by atoms with Crippen LogP contribution in [0.1, 0.15) is 24.8 Å². The van der Waals surface area contributed by atoms with Gasteiger partial charge in [0.1, 0.15) is 5.41 Å². The van der Waals surface area contributed by atoms with Crippen molar-refractivity contribution in [3.05, 3.63) is 24.0 Å². The second kappa shape index (κ2) is 3.88. The highest BCUT2D eigenvalue weighted by atomic mass is 16.2. The van der Waals surface area contributed by atoms with Gasteiger partial charge in [0, 0.05) is 6.20 Å². The minimum absolute atomic E-state index is 0.427. The number of carbonyl (C=O) groups is 3. The first kappa shape index (κ1) is 11.8. The quantitative estimate of drug-likeness (QED) is 0.767. The minimum atomic E-state index is -1.05. The third-order valence-electron chi connectivity index (χ3n) is 3.93. The van der Waals surface area contributed by atoms with Gasteiger partial charge < -0.3 is 0 Å². The number of rotatable bonds is 1. The van der Waals surface area contributed by atoms with E-state index in [-0.39, 0.29) is 0 Å². The molecule has 1 N–H and O–H groups in total. The van der Waals surface area contributed by atoms with Gasteiger partial charge in [0.2, 0.25) is 5.91 Å². The summed E-state index contributed by atoms with van der Waals surface area (Å²) in [5, 5.41) is 2.28. The second-order valence-corrected chi connectivity index (χ2v) is 5.00. The second-order valence-electron chi connectivity index (χ2n) is 5.00. The summed E-state index contributed by atoms with van der Waals surface area (Å²) in [7, 11) is 0. The average molecular weight is 259 g/mol. The molecular weight excluding hydrogens is 246 g/mol. The Hall–Kier alpha value is -2.24. The van der Waals surface area contributed by atoms with Gasteiger partial charge in [0.15, 0.2) is 0 Å². The number of urea groups is 1. The number of amides is 4. The molecule has 2 heterocycles. The molecule has 0 bridgehead atoms. The maximum atomic E-state index is 12.5. The molecule has 1 saturated heterocycles. The van der Waals surface area contributed by atoms with Crippen LogP contribution in [0.25, 0.3) is 0 Å². The zero-order valence-corrected chi connectivity index (χ0v) is 10.5. The molecule has 1 saturated carbocycles. The lowest BCUT2D eigenvalue weighted by molar-refractivity contribution is -0.148. The van der Waals surface area contributed by atoms with Crippen LogP contribution in [0.4, 0.5) is 10.5 Å². The first-order valence-corrected chi connectivity index (χ1v) is 6.17. The Kier molecular flexibility index (Phi) is 2.41. The van der Waals surface area contributed by atoms with Crippen molar-refractivity contribution in [3.63, 3.8) is 0 Å². The van der Waals surface area contributed by atoms with Crippen LogP contribution >= 0.6 is 0 Å². The zero-order valence-electron chi connectivity index (χ0n) is 10.5. The van der Waals surface area contributed by atoms with Crippen LogP contribution in [0.3, 0.4) is 0 Å². The molecule has 4 amide bonds. The summed E-state index contributed by atoms with van der Waals surface area (Å²) in [5.74, 6) is -0.893. The number of aryl methyl sites for hydroxylation is 1. The lowest BCUT2D eigenvalue weighted by Crippen LogP contribution is -2.66. The first-order valence-electron chi connectivity index (χ1n) is 6.17. The van der Waals surface area contributed by atoms with E-state index in [0.717, 1.165) is 16.9 Å². The number of imide groups is 2. The monoisotopic (exact) mass is 259 g/mol. The highest BCUT2D eigenvalue weighted by molar-refractivity contribution is 6.30. The number of pyridine rings is 1. The van der Waals surface area contributed by atoms with Crippen molar-refractivity contribution in [3.8, 4) is 0 Å².